The van der Waals surface area contributed by atoms with Crippen molar-refractivity contribution in [2.45, 2.75) is 45.7 Å². The van der Waals surface area contributed by atoms with E-state index < -0.39 is 0 Å². The van der Waals surface area contributed by atoms with Crippen molar-refractivity contribution in [1.29, 1.82) is 0 Å². The quantitative estimate of drug-likeness (QED) is 0.871. The van der Waals surface area contributed by atoms with Crippen LogP contribution in [0.25, 0.3) is 0 Å². The molecule has 0 spiro atoms. The number of halogens is 1. The third-order valence-corrected chi connectivity index (χ3v) is 4.23. The molecule has 3 rings (SSSR count). The number of rotatable bonds is 6. The van der Waals surface area contributed by atoms with Gasteiger partial charge in [-0.2, -0.15) is 0 Å². The fourth-order valence-corrected chi connectivity index (χ4v) is 2.94. The lowest BCUT2D eigenvalue weighted by atomic mass is 10.1. The first kappa shape index (κ1) is 16.8. The van der Waals surface area contributed by atoms with Gasteiger partial charge >= 0.3 is 0 Å². The van der Waals surface area contributed by atoms with Crippen LogP contribution in [0.5, 0.6) is 5.75 Å². The third kappa shape index (κ3) is 3.70. The first-order valence-electron chi connectivity index (χ1n) is 8.30. The maximum Gasteiger partial charge on any atom is 0.255 e. The zero-order valence-electron chi connectivity index (χ0n) is 13.7. The molecule has 1 aliphatic heterocycles. The Labute approximate surface area is 146 Å². The summed E-state index contributed by atoms with van der Waals surface area (Å²) in [5.41, 5.74) is 0.439. The highest BCUT2D eigenvalue weighted by Crippen LogP contribution is 2.23. The van der Waals surface area contributed by atoms with E-state index in [1.807, 2.05) is 6.92 Å². The molecule has 1 N–H and O–H groups in total. The molecule has 0 saturated carbocycles. The second-order valence-corrected chi connectivity index (χ2v) is 6.25. The molecule has 0 bridgehead atoms. The molecule has 0 aliphatic carbocycles. The highest BCUT2D eigenvalue weighted by atomic mass is 35.5. The van der Waals surface area contributed by atoms with Crippen LogP contribution < -0.4 is 10.1 Å². The van der Waals surface area contributed by atoms with Crippen molar-refractivity contribution in [1.82, 2.24) is 20.1 Å². The summed E-state index contributed by atoms with van der Waals surface area (Å²) in [6, 6.07) is 5.07. The predicted molar refractivity (Wildman–Crippen MR) is 91.4 cm³/mol. The lowest BCUT2D eigenvalue weighted by Crippen LogP contribution is -2.26. The van der Waals surface area contributed by atoms with Gasteiger partial charge in [0.2, 0.25) is 0 Å². The minimum absolute atomic E-state index is 0.225. The maximum atomic E-state index is 12.5. The van der Waals surface area contributed by atoms with Gasteiger partial charge in [0.25, 0.3) is 5.91 Å². The Balaban J connectivity index is 1.71. The number of amides is 1. The first-order valence-corrected chi connectivity index (χ1v) is 8.68. The summed E-state index contributed by atoms with van der Waals surface area (Å²) < 4.78 is 7.73. The van der Waals surface area contributed by atoms with Crippen LogP contribution in [0, 0.1) is 0 Å². The van der Waals surface area contributed by atoms with Crippen LogP contribution in [-0.2, 0) is 19.5 Å². The predicted octanol–water partition coefficient (Wildman–Crippen LogP) is 2.99. The number of hydrogen-bond donors (Lipinski definition) is 1. The topological polar surface area (TPSA) is 69.0 Å². The van der Waals surface area contributed by atoms with E-state index in [2.05, 4.69) is 20.1 Å². The average molecular weight is 349 g/mol. The van der Waals surface area contributed by atoms with Crippen molar-refractivity contribution in [3.63, 3.8) is 0 Å². The fourth-order valence-electron chi connectivity index (χ4n) is 2.77. The molecule has 0 radical (unpaired) electrons. The van der Waals surface area contributed by atoms with Crippen LogP contribution in [0.4, 0.5) is 0 Å². The van der Waals surface area contributed by atoms with Crippen LogP contribution in [0.1, 0.15) is 48.2 Å². The number of hydrogen-bond acceptors (Lipinski definition) is 4. The van der Waals surface area contributed by atoms with Crippen LogP contribution in [0.3, 0.4) is 0 Å². The molecule has 2 heterocycles. The standard InChI is InChI=1S/C17H21ClN4O2/c1-2-9-24-14-7-6-12(18)10-13(14)17(23)19-11-16-21-20-15-5-3-4-8-22(15)16/h6-7,10H,2-5,8-9,11H2,1H3,(H,19,23). The van der Waals surface area contributed by atoms with Gasteiger partial charge in [-0.15, -0.1) is 10.2 Å². The lowest BCUT2D eigenvalue weighted by molar-refractivity contribution is 0.0945. The van der Waals surface area contributed by atoms with Gasteiger partial charge in [0.1, 0.15) is 11.6 Å². The molecule has 0 atom stereocenters. The summed E-state index contributed by atoms with van der Waals surface area (Å²) in [4.78, 5) is 12.5. The number of benzene rings is 1. The highest BCUT2D eigenvalue weighted by Gasteiger charge is 2.18. The Morgan fingerprint density at radius 3 is 3.08 bits per heavy atom. The Morgan fingerprint density at radius 1 is 1.38 bits per heavy atom. The van der Waals surface area contributed by atoms with Crippen LogP contribution in [-0.4, -0.2) is 27.3 Å². The van der Waals surface area contributed by atoms with Crippen molar-refractivity contribution < 1.29 is 9.53 Å². The molecule has 0 fully saturated rings. The molecule has 6 nitrogen and oxygen atoms in total. The number of nitrogens with one attached hydrogen (secondary N) is 1. The normalized spacial score (nSPS) is 13.4. The van der Waals surface area contributed by atoms with Crippen molar-refractivity contribution >= 4 is 17.5 Å². The summed E-state index contributed by atoms with van der Waals surface area (Å²) in [6.07, 6.45) is 4.08. The number of carbonyl (C=O) groups is 1. The average Bonchev–Trinajstić information content (AvgIpc) is 3.02. The molecule has 24 heavy (non-hydrogen) atoms. The minimum Gasteiger partial charge on any atom is -0.493 e. The number of carbonyl (C=O) groups excluding carboxylic acids is 1. The molecule has 1 aliphatic rings. The van der Waals surface area contributed by atoms with E-state index in [9.17, 15) is 4.79 Å². The van der Waals surface area contributed by atoms with Gasteiger partial charge in [0.15, 0.2) is 5.82 Å². The summed E-state index contributed by atoms with van der Waals surface area (Å²) in [7, 11) is 0. The summed E-state index contributed by atoms with van der Waals surface area (Å²) in [6.45, 7) is 3.82. The summed E-state index contributed by atoms with van der Waals surface area (Å²) in [5.74, 6) is 2.11. The van der Waals surface area contributed by atoms with Gasteiger partial charge in [-0.1, -0.05) is 18.5 Å². The maximum absolute atomic E-state index is 12.5. The van der Waals surface area contributed by atoms with E-state index in [-0.39, 0.29) is 5.91 Å². The Bertz CT molecular complexity index is 729. The van der Waals surface area contributed by atoms with Crippen LogP contribution in [0.15, 0.2) is 18.2 Å². The van der Waals surface area contributed by atoms with Crippen molar-refractivity contribution in [3.8, 4) is 5.75 Å². The van der Waals surface area contributed by atoms with Gasteiger partial charge < -0.3 is 14.6 Å². The second-order valence-electron chi connectivity index (χ2n) is 5.81. The number of nitrogens with zero attached hydrogens (tertiary/aromatic N) is 3. The van der Waals surface area contributed by atoms with Gasteiger partial charge in [-0.05, 0) is 37.5 Å². The fraction of sp³-hybridized carbons (Fsp3) is 0.471. The van der Waals surface area contributed by atoms with Gasteiger partial charge in [-0.25, -0.2) is 0 Å². The second kappa shape index (κ2) is 7.66. The molecule has 7 heteroatoms. The minimum atomic E-state index is -0.225. The smallest absolute Gasteiger partial charge is 0.255 e. The molecule has 2 aromatic rings. The van der Waals surface area contributed by atoms with Crippen molar-refractivity contribution in [2.75, 3.05) is 6.61 Å². The Hall–Kier alpha value is -2.08. The van der Waals surface area contributed by atoms with E-state index in [1.165, 1.54) is 0 Å². The molecular weight excluding hydrogens is 328 g/mol. The Morgan fingerprint density at radius 2 is 2.25 bits per heavy atom. The zero-order chi connectivity index (χ0) is 16.9. The van der Waals surface area contributed by atoms with Gasteiger partial charge in [0, 0.05) is 18.0 Å². The van der Waals surface area contributed by atoms with E-state index in [4.69, 9.17) is 16.3 Å². The summed E-state index contributed by atoms with van der Waals surface area (Å²) in [5, 5.41) is 11.8. The van der Waals surface area contributed by atoms with E-state index >= 15 is 0 Å². The molecule has 1 amide bonds. The van der Waals surface area contributed by atoms with Gasteiger partial charge in [0.05, 0.1) is 18.7 Å². The third-order valence-electron chi connectivity index (χ3n) is 3.99. The Kier molecular flexibility index (Phi) is 5.35. The molecule has 1 aromatic carbocycles. The van der Waals surface area contributed by atoms with Crippen molar-refractivity contribution in [2.24, 2.45) is 0 Å². The molecule has 128 valence electrons. The number of ether oxygens (including phenoxy) is 1. The number of aryl methyl sites for hydroxylation is 1. The van der Waals surface area contributed by atoms with Crippen molar-refractivity contribution in [3.05, 3.63) is 40.4 Å². The SMILES string of the molecule is CCCOc1ccc(Cl)cc1C(=O)NCc1nnc2n1CCCC2. The van der Waals surface area contributed by atoms with E-state index in [0.29, 0.717) is 29.5 Å². The van der Waals surface area contributed by atoms with Crippen LogP contribution >= 0.6 is 11.6 Å². The molecular formula is C17H21ClN4O2. The number of fused-ring (bicyclic) bond motifs is 1. The molecule has 0 saturated heterocycles. The van der Waals surface area contributed by atoms with E-state index in [0.717, 1.165) is 43.9 Å². The lowest BCUT2D eigenvalue weighted by Gasteiger charge is -2.15. The van der Waals surface area contributed by atoms with E-state index in [1.54, 1.807) is 18.2 Å². The zero-order valence-corrected chi connectivity index (χ0v) is 14.5. The monoisotopic (exact) mass is 348 g/mol. The largest absolute Gasteiger partial charge is 0.493 e. The first-order chi connectivity index (χ1) is 11.7. The summed E-state index contributed by atoms with van der Waals surface area (Å²) >= 11 is 6.03. The molecule has 1 aromatic heterocycles. The van der Waals surface area contributed by atoms with Gasteiger partial charge in [-0.3, -0.25) is 4.79 Å². The van der Waals surface area contributed by atoms with Crippen LogP contribution in [0.2, 0.25) is 5.02 Å². The highest BCUT2D eigenvalue weighted by molar-refractivity contribution is 6.31. The molecule has 0 unspecified atom stereocenters. The number of aromatic nitrogens is 3.